The van der Waals surface area contributed by atoms with Crippen molar-refractivity contribution in [3.05, 3.63) is 151 Å². The van der Waals surface area contributed by atoms with E-state index < -0.39 is 6.04 Å². The third-order valence-corrected chi connectivity index (χ3v) is 14.1. The maximum Gasteiger partial charge on any atom is 0.0379 e. The average molecular weight is 561 g/mol. The molecule has 1 aliphatic rings. The molecule has 0 saturated carbocycles. The molecule has 1 aliphatic carbocycles. The molecule has 0 nitrogen and oxygen atoms in total. The molecule has 7 aromatic carbocycles. The number of fused-ring (bicyclic) bond motifs is 9. The normalized spacial score (nSPS) is 13.9. The van der Waals surface area contributed by atoms with Crippen molar-refractivity contribution in [2.45, 2.75) is 19.3 Å². The molecular weight excluding hydrogens is 531 g/mol. The van der Waals surface area contributed by atoms with Crippen LogP contribution in [0.4, 0.5) is 0 Å². The molecular formula is C39H29PS. The zero-order chi connectivity index (χ0) is 27.8. The Labute approximate surface area is 246 Å². The molecule has 0 heterocycles. The summed E-state index contributed by atoms with van der Waals surface area (Å²) in [5.74, 6) is 0. The minimum atomic E-state index is -2.24. The van der Waals surface area contributed by atoms with Crippen molar-refractivity contribution in [3.63, 3.8) is 0 Å². The smallest absolute Gasteiger partial charge is 0.0379 e. The second-order valence-electron chi connectivity index (χ2n) is 11.7. The van der Waals surface area contributed by atoms with E-state index in [1.165, 1.54) is 70.5 Å². The van der Waals surface area contributed by atoms with Gasteiger partial charge in [0.2, 0.25) is 0 Å². The van der Waals surface area contributed by atoms with Gasteiger partial charge in [-0.2, -0.15) is 0 Å². The van der Waals surface area contributed by atoms with Gasteiger partial charge in [-0.3, -0.25) is 0 Å². The predicted octanol–water partition coefficient (Wildman–Crippen LogP) is 9.21. The van der Waals surface area contributed by atoms with Crippen LogP contribution in [0.1, 0.15) is 25.0 Å². The van der Waals surface area contributed by atoms with Crippen LogP contribution >= 0.6 is 6.04 Å². The van der Waals surface area contributed by atoms with Crippen LogP contribution in [0.3, 0.4) is 0 Å². The Morgan fingerprint density at radius 3 is 1.39 bits per heavy atom. The van der Waals surface area contributed by atoms with Gasteiger partial charge in [-0.15, -0.1) is 0 Å². The molecule has 2 heteroatoms. The Bertz CT molecular complexity index is 2150. The Hall–Kier alpha value is -4.03. The summed E-state index contributed by atoms with van der Waals surface area (Å²) >= 11 is 6.72. The molecule has 0 amide bonds. The fourth-order valence-corrected chi connectivity index (χ4v) is 10.8. The molecule has 0 bridgehead atoms. The molecule has 0 unspecified atom stereocenters. The molecule has 0 fully saturated rings. The lowest BCUT2D eigenvalue weighted by Crippen LogP contribution is -2.26. The van der Waals surface area contributed by atoms with Crippen molar-refractivity contribution in [2.75, 3.05) is 0 Å². The van der Waals surface area contributed by atoms with Crippen molar-refractivity contribution in [1.29, 1.82) is 0 Å². The third kappa shape index (κ3) is 3.50. The summed E-state index contributed by atoms with van der Waals surface area (Å²) in [6, 6.07) is 49.0. The molecule has 8 rings (SSSR count). The van der Waals surface area contributed by atoms with Gasteiger partial charge in [0.25, 0.3) is 0 Å². The summed E-state index contributed by atoms with van der Waals surface area (Å²) in [6.45, 7) is 4.76. The second-order valence-corrected chi connectivity index (χ2v) is 16.1. The van der Waals surface area contributed by atoms with Gasteiger partial charge in [-0.05, 0) is 88.7 Å². The highest BCUT2D eigenvalue weighted by Gasteiger charge is 2.37. The number of rotatable bonds is 3. The van der Waals surface area contributed by atoms with Gasteiger partial charge in [0.15, 0.2) is 0 Å². The van der Waals surface area contributed by atoms with Gasteiger partial charge >= 0.3 is 0 Å². The van der Waals surface area contributed by atoms with E-state index in [2.05, 4.69) is 153 Å². The number of hydrogen-bond acceptors (Lipinski definition) is 1. The molecule has 196 valence electrons. The van der Waals surface area contributed by atoms with E-state index in [0.717, 1.165) is 0 Å². The first-order chi connectivity index (χ1) is 20.0. The maximum atomic E-state index is 6.72. The Balaban J connectivity index is 1.40. The summed E-state index contributed by atoms with van der Waals surface area (Å²) in [5.41, 5.74) is 5.29. The van der Waals surface area contributed by atoms with Crippen LogP contribution in [0.2, 0.25) is 0 Å². The molecule has 0 aliphatic heterocycles. The average Bonchev–Trinajstić information content (AvgIpc) is 3.26. The van der Waals surface area contributed by atoms with Crippen LogP contribution in [0.25, 0.3) is 43.4 Å². The first-order valence-corrected chi connectivity index (χ1v) is 17.0. The van der Waals surface area contributed by atoms with E-state index in [0.29, 0.717) is 0 Å². The number of benzene rings is 7. The first kappa shape index (κ1) is 24.7. The molecule has 41 heavy (non-hydrogen) atoms. The van der Waals surface area contributed by atoms with Gasteiger partial charge in [0.1, 0.15) is 0 Å². The van der Waals surface area contributed by atoms with Gasteiger partial charge in [-0.25, -0.2) is 0 Å². The quantitative estimate of drug-likeness (QED) is 0.153. The Morgan fingerprint density at radius 2 is 0.854 bits per heavy atom. The molecule has 0 radical (unpaired) electrons. The summed E-state index contributed by atoms with van der Waals surface area (Å²) in [4.78, 5) is 0. The van der Waals surface area contributed by atoms with E-state index in [1.54, 1.807) is 0 Å². The SMILES string of the molecule is CC1(C)c2cc(P(=S)(c3ccccc3)c3ccccc3)ccc2-c2cc3c4ccccc4c4ccccc4c3cc21. The minimum absolute atomic E-state index is 0.144. The standard InChI is InChI=1S/C39H29PS/c1-39(2)37-23-28(40(41,26-13-5-3-6-14-26)27-15-7-4-8-16-27)21-22-33(37)36-24-34-31-19-11-9-17-29(31)30-18-10-12-20-32(30)35(34)25-38(36)39/h3-25H,1-2H3. The highest BCUT2D eigenvalue weighted by atomic mass is 32.4. The van der Waals surface area contributed by atoms with E-state index in [4.69, 9.17) is 11.8 Å². The predicted molar refractivity (Wildman–Crippen MR) is 183 cm³/mol. The highest BCUT2D eigenvalue weighted by molar-refractivity contribution is 8.25. The summed E-state index contributed by atoms with van der Waals surface area (Å²) in [5, 5.41) is 11.6. The zero-order valence-electron chi connectivity index (χ0n) is 23.1. The largest absolute Gasteiger partial charge is 0.0826 e. The molecule has 0 N–H and O–H groups in total. The molecule has 0 spiro atoms. The van der Waals surface area contributed by atoms with Crippen molar-refractivity contribution >= 4 is 66.1 Å². The van der Waals surface area contributed by atoms with Crippen molar-refractivity contribution in [1.82, 2.24) is 0 Å². The summed E-state index contributed by atoms with van der Waals surface area (Å²) < 4.78 is 0. The molecule has 0 atom stereocenters. The van der Waals surface area contributed by atoms with Crippen LogP contribution in [0, 0.1) is 0 Å². The third-order valence-electron chi connectivity index (χ3n) is 9.13. The van der Waals surface area contributed by atoms with Crippen molar-refractivity contribution < 1.29 is 0 Å². The maximum absolute atomic E-state index is 6.72. The van der Waals surface area contributed by atoms with Gasteiger partial charge in [0.05, 0.1) is 0 Å². The highest BCUT2D eigenvalue weighted by Crippen LogP contribution is 2.53. The van der Waals surface area contributed by atoms with Gasteiger partial charge in [-0.1, -0.05) is 147 Å². The Morgan fingerprint density at radius 1 is 0.415 bits per heavy atom. The second kappa shape index (κ2) is 8.98. The fourth-order valence-electron chi connectivity index (χ4n) is 7.04. The molecule has 0 aromatic heterocycles. The first-order valence-electron chi connectivity index (χ1n) is 14.2. The monoisotopic (exact) mass is 560 g/mol. The van der Waals surface area contributed by atoms with Crippen LogP contribution < -0.4 is 15.9 Å². The zero-order valence-corrected chi connectivity index (χ0v) is 24.8. The van der Waals surface area contributed by atoms with E-state index in [1.807, 2.05) is 0 Å². The lowest BCUT2D eigenvalue weighted by molar-refractivity contribution is 0.662. The lowest BCUT2D eigenvalue weighted by atomic mass is 9.81. The van der Waals surface area contributed by atoms with Crippen LogP contribution in [-0.2, 0) is 17.2 Å². The number of hydrogen-bond donors (Lipinski definition) is 0. The topological polar surface area (TPSA) is 0 Å². The van der Waals surface area contributed by atoms with Gasteiger partial charge < -0.3 is 0 Å². The van der Waals surface area contributed by atoms with E-state index in [-0.39, 0.29) is 5.41 Å². The van der Waals surface area contributed by atoms with Gasteiger partial charge in [0, 0.05) is 11.5 Å². The Kier molecular flexibility index (Phi) is 5.42. The lowest BCUT2D eigenvalue weighted by Gasteiger charge is -2.27. The van der Waals surface area contributed by atoms with E-state index >= 15 is 0 Å². The molecule has 7 aromatic rings. The molecule has 0 saturated heterocycles. The van der Waals surface area contributed by atoms with Crippen LogP contribution in [-0.4, -0.2) is 0 Å². The fraction of sp³-hybridized carbons (Fsp3) is 0.0769. The van der Waals surface area contributed by atoms with Crippen LogP contribution in [0.15, 0.2) is 140 Å². The van der Waals surface area contributed by atoms with E-state index in [9.17, 15) is 0 Å². The van der Waals surface area contributed by atoms with Crippen molar-refractivity contribution in [3.8, 4) is 11.1 Å². The van der Waals surface area contributed by atoms with Crippen LogP contribution in [0.5, 0.6) is 0 Å². The summed E-state index contributed by atoms with van der Waals surface area (Å²) in [6.07, 6.45) is 0. The minimum Gasteiger partial charge on any atom is -0.0826 e. The summed E-state index contributed by atoms with van der Waals surface area (Å²) in [7, 11) is 0. The van der Waals surface area contributed by atoms with Crippen molar-refractivity contribution in [2.24, 2.45) is 0 Å².